The standard InChI is InChI=1S/C25H28O5/c1-14(2)5-6-15-9-16(10-17-11-23(28)25(3,4)30-24(15)17)21-13-20(27)19-8-7-18(26)12-22(19)29-21/h5,7-10,12,21,23,26,28H,6,11,13H2,1-4H3/t21-,23+/m0/s1. The fourth-order valence-electron chi connectivity index (χ4n) is 4.00. The summed E-state index contributed by atoms with van der Waals surface area (Å²) in [6, 6.07) is 8.60. The molecule has 2 aromatic rings. The molecule has 0 amide bonds. The first-order chi connectivity index (χ1) is 14.1. The summed E-state index contributed by atoms with van der Waals surface area (Å²) in [5, 5.41) is 20.3. The molecule has 4 rings (SSSR count). The van der Waals surface area contributed by atoms with Crippen LogP contribution in [0.4, 0.5) is 0 Å². The molecule has 2 aliphatic rings. The lowest BCUT2D eigenvalue weighted by molar-refractivity contribution is -0.0417. The van der Waals surface area contributed by atoms with Gasteiger partial charge >= 0.3 is 0 Å². The Morgan fingerprint density at radius 3 is 2.70 bits per heavy atom. The van der Waals surface area contributed by atoms with Crippen molar-refractivity contribution in [1.82, 2.24) is 0 Å². The van der Waals surface area contributed by atoms with Crippen LogP contribution in [0.3, 0.4) is 0 Å². The first-order valence-corrected chi connectivity index (χ1v) is 10.3. The van der Waals surface area contributed by atoms with Crippen molar-refractivity contribution in [2.75, 3.05) is 0 Å². The van der Waals surface area contributed by atoms with E-state index in [0.29, 0.717) is 24.2 Å². The van der Waals surface area contributed by atoms with Crippen LogP contribution in [-0.4, -0.2) is 27.7 Å². The van der Waals surface area contributed by atoms with Crippen LogP contribution >= 0.6 is 0 Å². The third kappa shape index (κ3) is 3.82. The number of rotatable bonds is 3. The monoisotopic (exact) mass is 408 g/mol. The quantitative estimate of drug-likeness (QED) is 0.721. The molecule has 0 unspecified atom stereocenters. The van der Waals surface area contributed by atoms with E-state index in [2.05, 4.69) is 19.9 Å². The van der Waals surface area contributed by atoms with E-state index >= 15 is 0 Å². The molecule has 0 spiro atoms. The number of hydrogen-bond acceptors (Lipinski definition) is 5. The molecule has 0 fully saturated rings. The molecule has 0 aliphatic carbocycles. The number of ketones is 1. The lowest BCUT2D eigenvalue weighted by Crippen LogP contribution is -2.46. The van der Waals surface area contributed by atoms with Gasteiger partial charge in [0.15, 0.2) is 5.78 Å². The van der Waals surface area contributed by atoms with Gasteiger partial charge in [0, 0.05) is 12.5 Å². The maximum atomic E-state index is 12.7. The number of fused-ring (bicyclic) bond motifs is 2. The van der Waals surface area contributed by atoms with Gasteiger partial charge in [-0.2, -0.15) is 0 Å². The summed E-state index contributed by atoms with van der Waals surface area (Å²) in [7, 11) is 0. The minimum atomic E-state index is -0.665. The smallest absolute Gasteiger partial charge is 0.170 e. The summed E-state index contributed by atoms with van der Waals surface area (Å²) in [5.41, 5.74) is 3.85. The molecule has 2 N–H and O–H groups in total. The number of aliphatic hydroxyl groups is 1. The number of aliphatic hydroxyl groups excluding tert-OH is 1. The number of carbonyl (C=O) groups excluding carboxylic acids is 1. The molecule has 5 heteroatoms. The van der Waals surface area contributed by atoms with Crippen molar-refractivity contribution >= 4 is 5.78 Å². The zero-order valence-corrected chi connectivity index (χ0v) is 17.9. The number of aromatic hydroxyl groups is 1. The molecule has 0 saturated carbocycles. The Morgan fingerprint density at radius 1 is 1.20 bits per heavy atom. The van der Waals surface area contributed by atoms with E-state index in [1.165, 1.54) is 17.7 Å². The van der Waals surface area contributed by atoms with Gasteiger partial charge in [-0.3, -0.25) is 4.79 Å². The minimum Gasteiger partial charge on any atom is -0.508 e. The first-order valence-electron chi connectivity index (χ1n) is 10.3. The molecule has 30 heavy (non-hydrogen) atoms. The number of Topliss-reactive ketones (excluding diaryl/α,β-unsaturated/α-hetero) is 1. The number of hydrogen-bond donors (Lipinski definition) is 2. The van der Waals surface area contributed by atoms with Crippen molar-refractivity contribution in [3.8, 4) is 17.2 Å². The maximum absolute atomic E-state index is 12.7. The number of phenolic OH excluding ortho intramolecular Hbond substituents is 1. The van der Waals surface area contributed by atoms with Gasteiger partial charge in [-0.1, -0.05) is 11.6 Å². The highest BCUT2D eigenvalue weighted by Gasteiger charge is 2.38. The van der Waals surface area contributed by atoms with E-state index in [9.17, 15) is 15.0 Å². The number of ether oxygens (including phenoxy) is 2. The number of allylic oxidation sites excluding steroid dienone is 2. The summed E-state index contributed by atoms with van der Waals surface area (Å²) in [4.78, 5) is 12.7. The van der Waals surface area contributed by atoms with Crippen LogP contribution in [0.5, 0.6) is 17.2 Å². The van der Waals surface area contributed by atoms with E-state index < -0.39 is 17.8 Å². The second-order valence-corrected chi connectivity index (χ2v) is 8.99. The average molecular weight is 408 g/mol. The van der Waals surface area contributed by atoms with Gasteiger partial charge in [0.1, 0.15) is 29.0 Å². The average Bonchev–Trinajstić information content (AvgIpc) is 2.66. The first kappa shape index (κ1) is 20.5. The van der Waals surface area contributed by atoms with Crippen molar-refractivity contribution in [3.63, 3.8) is 0 Å². The van der Waals surface area contributed by atoms with E-state index in [4.69, 9.17) is 9.47 Å². The van der Waals surface area contributed by atoms with Crippen LogP contribution in [0.25, 0.3) is 0 Å². The molecule has 0 saturated heterocycles. The highest BCUT2D eigenvalue weighted by Crippen LogP contribution is 2.42. The maximum Gasteiger partial charge on any atom is 0.170 e. The summed E-state index contributed by atoms with van der Waals surface area (Å²) >= 11 is 0. The van der Waals surface area contributed by atoms with Gasteiger partial charge in [0.25, 0.3) is 0 Å². The predicted molar refractivity (Wildman–Crippen MR) is 114 cm³/mol. The lowest BCUT2D eigenvalue weighted by atomic mass is 9.86. The Bertz CT molecular complexity index is 1030. The third-order valence-electron chi connectivity index (χ3n) is 5.85. The van der Waals surface area contributed by atoms with E-state index in [1.807, 2.05) is 26.0 Å². The van der Waals surface area contributed by atoms with Gasteiger partial charge in [0.05, 0.1) is 18.1 Å². The molecule has 0 aromatic heterocycles. The highest BCUT2D eigenvalue weighted by atomic mass is 16.5. The Balaban J connectivity index is 1.76. The molecular weight excluding hydrogens is 380 g/mol. The number of carbonyl (C=O) groups is 1. The largest absolute Gasteiger partial charge is 0.508 e. The molecule has 2 aliphatic heterocycles. The van der Waals surface area contributed by atoms with Crippen molar-refractivity contribution in [2.24, 2.45) is 0 Å². The van der Waals surface area contributed by atoms with Crippen molar-refractivity contribution in [3.05, 3.63) is 64.2 Å². The molecule has 0 bridgehead atoms. The van der Waals surface area contributed by atoms with Crippen LogP contribution in [0.15, 0.2) is 42.0 Å². The highest BCUT2D eigenvalue weighted by molar-refractivity contribution is 6.00. The number of phenols is 1. The second kappa shape index (κ2) is 7.47. The van der Waals surface area contributed by atoms with Gasteiger partial charge in [-0.15, -0.1) is 0 Å². The van der Waals surface area contributed by atoms with Gasteiger partial charge in [-0.25, -0.2) is 0 Å². The normalized spacial score (nSPS) is 21.7. The molecule has 158 valence electrons. The summed E-state index contributed by atoms with van der Waals surface area (Å²) < 4.78 is 12.3. The van der Waals surface area contributed by atoms with Crippen molar-refractivity contribution in [1.29, 1.82) is 0 Å². The second-order valence-electron chi connectivity index (χ2n) is 8.99. The summed E-state index contributed by atoms with van der Waals surface area (Å²) in [5.74, 6) is 1.27. The van der Waals surface area contributed by atoms with E-state index in [-0.39, 0.29) is 18.0 Å². The van der Waals surface area contributed by atoms with Crippen LogP contribution in [0.2, 0.25) is 0 Å². The molecule has 2 atom stereocenters. The lowest BCUT2D eigenvalue weighted by Gasteiger charge is -2.38. The molecule has 0 radical (unpaired) electrons. The van der Waals surface area contributed by atoms with Crippen LogP contribution < -0.4 is 9.47 Å². The molecular formula is C25H28O5. The van der Waals surface area contributed by atoms with E-state index in [1.54, 1.807) is 6.07 Å². The zero-order valence-electron chi connectivity index (χ0n) is 17.9. The summed E-state index contributed by atoms with van der Waals surface area (Å²) in [6.07, 6.45) is 2.48. The topological polar surface area (TPSA) is 76.0 Å². The van der Waals surface area contributed by atoms with Crippen molar-refractivity contribution < 1.29 is 24.5 Å². The number of benzene rings is 2. The molecule has 2 heterocycles. The van der Waals surface area contributed by atoms with Crippen molar-refractivity contribution in [2.45, 2.75) is 64.8 Å². The Hall–Kier alpha value is -2.79. The fraction of sp³-hybridized carbons (Fsp3) is 0.400. The van der Waals surface area contributed by atoms with Crippen LogP contribution in [0, 0.1) is 0 Å². The van der Waals surface area contributed by atoms with Gasteiger partial charge < -0.3 is 19.7 Å². The fourth-order valence-corrected chi connectivity index (χ4v) is 4.00. The Kier molecular flexibility index (Phi) is 5.10. The van der Waals surface area contributed by atoms with Gasteiger partial charge in [0.2, 0.25) is 0 Å². The zero-order chi connectivity index (χ0) is 21.6. The summed E-state index contributed by atoms with van der Waals surface area (Å²) in [6.45, 7) is 7.89. The Morgan fingerprint density at radius 2 is 1.97 bits per heavy atom. The Labute approximate surface area is 177 Å². The van der Waals surface area contributed by atoms with Gasteiger partial charge in [-0.05, 0) is 75.1 Å². The predicted octanol–water partition coefficient (Wildman–Crippen LogP) is 4.68. The SMILES string of the molecule is CC(C)=CCc1cc([C@@H]2CC(=O)c3ccc(O)cc3O2)cc2c1OC(C)(C)[C@H](O)C2. The third-order valence-corrected chi connectivity index (χ3v) is 5.85. The molecule has 5 nitrogen and oxygen atoms in total. The van der Waals surface area contributed by atoms with Crippen LogP contribution in [-0.2, 0) is 12.8 Å². The minimum absolute atomic E-state index is 0.0118. The van der Waals surface area contributed by atoms with E-state index in [0.717, 1.165) is 22.4 Å². The molecule has 2 aromatic carbocycles. The van der Waals surface area contributed by atoms with Crippen LogP contribution in [0.1, 0.15) is 67.3 Å².